The van der Waals surface area contributed by atoms with E-state index < -0.39 is 0 Å². The molecule has 2 aromatic rings. The molecule has 0 unspecified atom stereocenters. The summed E-state index contributed by atoms with van der Waals surface area (Å²) in [5, 5.41) is 7.71. The maximum Gasteiger partial charge on any atom is 0.157 e. The average Bonchev–Trinajstić information content (AvgIpc) is 2.73. The number of fused-ring (bicyclic) bond motifs is 1. The number of ether oxygens (including phenoxy) is 1. The van der Waals surface area contributed by atoms with Crippen LogP contribution in [0, 0.1) is 6.92 Å². The smallest absolute Gasteiger partial charge is 0.157 e. The van der Waals surface area contributed by atoms with E-state index in [1.165, 1.54) is 5.56 Å². The van der Waals surface area contributed by atoms with Crippen LogP contribution in [0.5, 0.6) is 0 Å². The number of rotatable bonds is 3. The second-order valence-corrected chi connectivity index (χ2v) is 4.86. The molecule has 0 amide bonds. The number of pyridine rings is 1. The summed E-state index contributed by atoms with van der Waals surface area (Å²) >= 11 is 0. The lowest BCUT2D eigenvalue weighted by Crippen LogP contribution is -2.45. The van der Waals surface area contributed by atoms with Crippen LogP contribution >= 0.6 is 0 Å². The van der Waals surface area contributed by atoms with E-state index in [-0.39, 0.29) is 0 Å². The largest absolute Gasteiger partial charge is 0.379 e. The molecule has 19 heavy (non-hydrogen) atoms. The first-order valence-electron chi connectivity index (χ1n) is 6.58. The Labute approximate surface area is 112 Å². The van der Waals surface area contributed by atoms with Gasteiger partial charge < -0.3 is 4.74 Å². The van der Waals surface area contributed by atoms with Gasteiger partial charge in [0.15, 0.2) is 5.65 Å². The van der Waals surface area contributed by atoms with Crippen molar-refractivity contribution in [2.24, 2.45) is 7.05 Å². The topological polar surface area (TPSA) is 55.2 Å². The normalized spacial score (nSPS) is 17.2. The zero-order valence-corrected chi connectivity index (χ0v) is 11.4. The molecule has 0 atom stereocenters. The fourth-order valence-electron chi connectivity index (χ4n) is 2.37. The van der Waals surface area contributed by atoms with Crippen molar-refractivity contribution in [2.75, 3.05) is 26.3 Å². The number of nitrogens with one attached hydrogen (secondary N) is 1. The lowest BCUT2D eigenvalue weighted by molar-refractivity contribution is 0.0105. The molecule has 0 aromatic carbocycles. The van der Waals surface area contributed by atoms with Crippen LogP contribution in [0.25, 0.3) is 11.0 Å². The zero-order chi connectivity index (χ0) is 13.2. The summed E-state index contributed by atoms with van der Waals surface area (Å²) in [6.45, 7) is 6.27. The molecule has 102 valence electrons. The van der Waals surface area contributed by atoms with Crippen molar-refractivity contribution in [3.63, 3.8) is 0 Å². The summed E-state index contributed by atoms with van der Waals surface area (Å²) in [4.78, 5) is 4.48. The Morgan fingerprint density at radius 2 is 2.16 bits per heavy atom. The Kier molecular flexibility index (Phi) is 3.46. The van der Waals surface area contributed by atoms with Gasteiger partial charge >= 0.3 is 0 Å². The molecule has 2 aromatic heterocycles. The SMILES string of the molecule is Cc1nn(C)c2ncc(CNN3CCOCC3)cc12. The maximum atomic E-state index is 5.32. The van der Waals surface area contributed by atoms with Crippen LogP contribution in [0.2, 0.25) is 0 Å². The third-order valence-corrected chi connectivity index (χ3v) is 3.44. The molecule has 1 N–H and O–H groups in total. The number of hydrogen-bond acceptors (Lipinski definition) is 5. The predicted octanol–water partition coefficient (Wildman–Crippen LogP) is 0.614. The van der Waals surface area contributed by atoms with Crippen molar-refractivity contribution >= 4 is 11.0 Å². The van der Waals surface area contributed by atoms with Crippen LogP contribution in [0.3, 0.4) is 0 Å². The molecule has 1 fully saturated rings. The van der Waals surface area contributed by atoms with Crippen molar-refractivity contribution in [2.45, 2.75) is 13.5 Å². The molecular weight excluding hydrogens is 242 g/mol. The zero-order valence-electron chi connectivity index (χ0n) is 11.4. The Balaban J connectivity index is 1.72. The Morgan fingerprint density at radius 1 is 1.37 bits per heavy atom. The minimum absolute atomic E-state index is 0.789. The molecule has 1 aliphatic rings. The number of morpholine rings is 1. The third-order valence-electron chi connectivity index (χ3n) is 3.44. The van der Waals surface area contributed by atoms with Crippen molar-refractivity contribution in [1.29, 1.82) is 0 Å². The van der Waals surface area contributed by atoms with Gasteiger partial charge in [-0.1, -0.05) is 0 Å². The van der Waals surface area contributed by atoms with E-state index in [1.807, 2.05) is 24.9 Å². The molecule has 0 aliphatic carbocycles. The van der Waals surface area contributed by atoms with Gasteiger partial charge in [-0.3, -0.25) is 10.1 Å². The number of hydrogen-bond donors (Lipinski definition) is 1. The standard InChI is InChI=1S/C13H19N5O/c1-10-12-7-11(8-14-13(12)17(2)16-10)9-15-18-3-5-19-6-4-18/h7-8,15H,3-6,9H2,1-2H3. The highest BCUT2D eigenvalue weighted by Gasteiger charge is 2.11. The first-order valence-corrected chi connectivity index (χ1v) is 6.58. The molecule has 3 heterocycles. The molecule has 0 spiro atoms. The van der Waals surface area contributed by atoms with E-state index in [2.05, 4.69) is 26.6 Å². The molecule has 1 aliphatic heterocycles. The quantitative estimate of drug-likeness (QED) is 0.877. The van der Waals surface area contributed by atoms with Crippen molar-refractivity contribution in [3.8, 4) is 0 Å². The van der Waals surface area contributed by atoms with Crippen LogP contribution < -0.4 is 5.43 Å². The first kappa shape index (κ1) is 12.5. The summed E-state index contributed by atoms with van der Waals surface area (Å²) in [6.07, 6.45) is 1.91. The summed E-state index contributed by atoms with van der Waals surface area (Å²) in [5.41, 5.74) is 6.55. The molecule has 3 rings (SSSR count). The second kappa shape index (κ2) is 5.24. The summed E-state index contributed by atoms with van der Waals surface area (Å²) in [5.74, 6) is 0. The van der Waals surface area contributed by atoms with Crippen LogP contribution in [0.4, 0.5) is 0 Å². The molecule has 0 bridgehead atoms. The highest BCUT2D eigenvalue weighted by atomic mass is 16.5. The Bertz CT molecular complexity index is 574. The number of nitrogens with zero attached hydrogens (tertiary/aromatic N) is 4. The van der Waals surface area contributed by atoms with E-state index >= 15 is 0 Å². The predicted molar refractivity (Wildman–Crippen MR) is 72.5 cm³/mol. The van der Waals surface area contributed by atoms with Crippen LogP contribution in [-0.2, 0) is 18.3 Å². The minimum Gasteiger partial charge on any atom is -0.379 e. The minimum atomic E-state index is 0.789. The summed E-state index contributed by atoms with van der Waals surface area (Å²) in [7, 11) is 1.92. The van der Waals surface area contributed by atoms with Crippen LogP contribution in [-0.4, -0.2) is 46.1 Å². The second-order valence-electron chi connectivity index (χ2n) is 4.86. The lowest BCUT2D eigenvalue weighted by Gasteiger charge is -2.27. The molecule has 0 radical (unpaired) electrons. The molecule has 6 nitrogen and oxygen atoms in total. The van der Waals surface area contributed by atoms with Gasteiger partial charge in [-0.05, 0) is 18.6 Å². The molecule has 0 saturated carbocycles. The van der Waals surface area contributed by atoms with Gasteiger partial charge in [0.25, 0.3) is 0 Å². The highest BCUT2D eigenvalue weighted by Crippen LogP contribution is 2.16. The van der Waals surface area contributed by atoms with Gasteiger partial charge in [-0.2, -0.15) is 5.10 Å². The lowest BCUT2D eigenvalue weighted by atomic mass is 10.2. The monoisotopic (exact) mass is 261 g/mol. The third kappa shape index (κ3) is 2.60. The van der Waals surface area contributed by atoms with Crippen LogP contribution in [0.15, 0.2) is 12.3 Å². The Morgan fingerprint density at radius 3 is 2.95 bits per heavy atom. The van der Waals surface area contributed by atoms with E-state index in [4.69, 9.17) is 4.74 Å². The van der Waals surface area contributed by atoms with E-state index in [9.17, 15) is 0 Å². The van der Waals surface area contributed by atoms with Gasteiger partial charge in [-0.25, -0.2) is 9.99 Å². The molecular formula is C13H19N5O. The van der Waals surface area contributed by atoms with Gasteiger partial charge in [0, 0.05) is 38.3 Å². The van der Waals surface area contributed by atoms with Gasteiger partial charge in [0.1, 0.15) is 0 Å². The fraction of sp³-hybridized carbons (Fsp3) is 0.538. The molecule has 1 saturated heterocycles. The average molecular weight is 261 g/mol. The van der Waals surface area contributed by atoms with Crippen molar-refractivity contribution < 1.29 is 4.74 Å². The van der Waals surface area contributed by atoms with Gasteiger partial charge in [-0.15, -0.1) is 0 Å². The summed E-state index contributed by atoms with van der Waals surface area (Å²) < 4.78 is 7.15. The highest BCUT2D eigenvalue weighted by molar-refractivity contribution is 5.78. The number of hydrazine groups is 1. The number of aromatic nitrogens is 3. The van der Waals surface area contributed by atoms with Crippen molar-refractivity contribution in [3.05, 3.63) is 23.5 Å². The van der Waals surface area contributed by atoms with E-state index in [0.717, 1.165) is 49.6 Å². The van der Waals surface area contributed by atoms with E-state index in [1.54, 1.807) is 0 Å². The number of aryl methyl sites for hydroxylation is 2. The molecule has 6 heteroatoms. The van der Waals surface area contributed by atoms with Gasteiger partial charge in [0.2, 0.25) is 0 Å². The van der Waals surface area contributed by atoms with Crippen molar-refractivity contribution in [1.82, 2.24) is 25.2 Å². The first-order chi connectivity index (χ1) is 9.24. The van der Waals surface area contributed by atoms with Crippen LogP contribution in [0.1, 0.15) is 11.3 Å². The Hall–Kier alpha value is -1.50. The van der Waals surface area contributed by atoms with Gasteiger partial charge in [0.05, 0.1) is 18.9 Å². The summed E-state index contributed by atoms with van der Waals surface area (Å²) in [6, 6.07) is 2.16. The fourth-order valence-corrected chi connectivity index (χ4v) is 2.37. The van der Waals surface area contributed by atoms with E-state index in [0.29, 0.717) is 0 Å². The maximum absolute atomic E-state index is 5.32.